The molecule has 0 aliphatic heterocycles. The van der Waals surface area contributed by atoms with Crippen LogP contribution in [0.1, 0.15) is 32.6 Å². The normalized spacial score (nSPS) is 11.5. The molecular weight excluding hydrogens is 270 g/mol. The van der Waals surface area contributed by atoms with Crippen molar-refractivity contribution in [3.63, 3.8) is 0 Å². The maximum Gasteiger partial charge on any atom is 0.264 e. The van der Waals surface area contributed by atoms with E-state index in [1.165, 1.54) is 17.1 Å². The lowest BCUT2D eigenvalue weighted by Crippen LogP contribution is -2.30. The van der Waals surface area contributed by atoms with Crippen LogP contribution in [-0.2, 0) is 6.54 Å². The molecule has 0 unspecified atom stereocenters. The van der Waals surface area contributed by atoms with Crippen LogP contribution in [0.3, 0.4) is 0 Å². The van der Waals surface area contributed by atoms with E-state index < -0.39 is 0 Å². The highest BCUT2D eigenvalue weighted by Crippen LogP contribution is 2.21. The molecule has 0 fully saturated rings. The van der Waals surface area contributed by atoms with Gasteiger partial charge in [0.25, 0.3) is 11.1 Å². The van der Waals surface area contributed by atoms with Crippen molar-refractivity contribution < 1.29 is 8.83 Å². The Morgan fingerprint density at radius 2 is 1.48 bits per heavy atom. The first kappa shape index (κ1) is 13.7. The molecule has 3 aromatic rings. The Hall–Kier alpha value is -2.30. The van der Waals surface area contributed by atoms with Gasteiger partial charge in [0.05, 0.1) is 23.3 Å². The summed E-state index contributed by atoms with van der Waals surface area (Å²) in [5, 5.41) is 0.764. The number of hydrogen-bond donors (Lipinski definition) is 0. The van der Waals surface area contributed by atoms with Gasteiger partial charge in [0.15, 0.2) is 11.2 Å². The summed E-state index contributed by atoms with van der Waals surface area (Å²) >= 11 is 0. The van der Waals surface area contributed by atoms with Crippen LogP contribution in [0.25, 0.3) is 21.9 Å². The fourth-order valence-electron chi connectivity index (χ4n) is 2.59. The van der Waals surface area contributed by atoms with Crippen LogP contribution in [0.15, 0.2) is 43.1 Å². The van der Waals surface area contributed by atoms with Crippen molar-refractivity contribution in [3.8, 4) is 0 Å². The third kappa shape index (κ3) is 2.28. The molecule has 0 aromatic carbocycles. The smallest absolute Gasteiger partial charge is 0.264 e. The highest BCUT2D eigenvalue weighted by atomic mass is 16.4. The molecule has 3 heterocycles. The largest absolute Gasteiger partial charge is 0.460 e. The number of unbranched alkanes of at least 4 members (excludes halogenated alkanes) is 3. The molecule has 0 saturated carbocycles. The summed E-state index contributed by atoms with van der Waals surface area (Å²) in [6.07, 6.45) is 6.92. The molecule has 0 saturated heterocycles. The van der Waals surface area contributed by atoms with Gasteiger partial charge >= 0.3 is 0 Å². The quantitative estimate of drug-likeness (QED) is 0.675. The van der Waals surface area contributed by atoms with Crippen LogP contribution < -0.4 is 11.1 Å². The lowest BCUT2D eigenvalue weighted by atomic mass is 10.2. The second-order valence-corrected chi connectivity index (χ2v) is 5.15. The van der Waals surface area contributed by atoms with Crippen LogP contribution in [0.5, 0.6) is 0 Å². The summed E-state index contributed by atoms with van der Waals surface area (Å²) in [7, 11) is 0. The molecule has 0 spiro atoms. The van der Waals surface area contributed by atoms with Crippen LogP contribution in [0.2, 0.25) is 0 Å². The summed E-state index contributed by atoms with van der Waals surface area (Å²) in [6.45, 7) is 2.55. The Balaban J connectivity index is 2.21. The molecule has 3 rings (SSSR count). The second kappa shape index (κ2) is 5.60. The molecule has 21 heavy (non-hydrogen) atoms. The number of hydrogen-bond acceptors (Lipinski definition) is 4. The van der Waals surface area contributed by atoms with Crippen LogP contribution in [0, 0.1) is 0 Å². The van der Waals surface area contributed by atoms with E-state index in [1.807, 2.05) is 0 Å². The van der Waals surface area contributed by atoms with Gasteiger partial charge in [-0.05, 0) is 18.6 Å². The van der Waals surface area contributed by atoms with Crippen molar-refractivity contribution in [3.05, 3.63) is 45.4 Å². The van der Waals surface area contributed by atoms with Crippen molar-refractivity contribution >= 4 is 21.9 Å². The predicted octanol–water partition coefficient (Wildman–Crippen LogP) is 3.28. The maximum atomic E-state index is 12.5. The fourth-order valence-corrected chi connectivity index (χ4v) is 2.59. The molecule has 5 nitrogen and oxygen atoms in total. The standard InChI is InChI=1S/C16H17NO4/c1-2-3-4-5-8-17-15(18)11-6-9-20-13(11)14-12(16(17)19)7-10-21-14/h6-7,9-10H,2-5,8H2,1H3. The summed E-state index contributed by atoms with van der Waals surface area (Å²) < 4.78 is 12.0. The van der Waals surface area contributed by atoms with Crippen molar-refractivity contribution in [1.29, 1.82) is 0 Å². The Labute approximate surface area is 120 Å². The lowest BCUT2D eigenvalue weighted by molar-refractivity contribution is 0.565. The monoisotopic (exact) mass is 287 g/mol. The minimum absolute atomic E-state index is 0.313. The van der Waals surface area contributed by atoms with E-state index in [-0.39, 0.29) is 11.1 Å². The molecule has 0 N–H and O–H groups in total. The van der Waals surface area contributed by atoms with Gasteiger partial charge < -0.3 is 8.83 Å². The summed E-state index contributed by atoms with van der Waals surface area (Å²) in [5.41, 5.74) is 0.0483. The van der Waals surface area contributed by atoms with Gasteiger partial charge in [-0.2, -0.15) is 0 Å². The lowest BCUT2D eigenvalue weighted by Gasteiger charge is -2.01. The van der Waals surface area contributed by atoms with Crippen molar-refractivity contribution in [2.75, 3.05) is 0 Å². The Bertz CT molecular complexity index is 817. The number of rotatable bonds is 5. The summed E-state index contributed by atoms with van der Waals surface area (Å²) in [5.74, 6) is 0. The molecule has 5 heteroatoms. The van der Waals surface area contributed by atoms with Gasteiger partial charge in [0.1, 0.15) is 0 Å². The van der Waals surface area contributed by atoms with Crippen molar-refractivity contribution in [2.45, 2.75) is 39.2 Å². The number of nitrogens with zero attached hydrogens (tertiary/aromatic N) is 1. The highest BCUT2D eigenvalue weighted by Gasteiger charge is 2.14. The second-order valence-electron chi connectivity index (χ2n) is 5.15. The first-order chi connectivity index (χ1) is 10.2. The first-order valence-electron chi connectivity index (χ1n) is 7.25. The predicted molar refractivity (Wildman–Crippen MR) is 80.7 cm³/mol. The molecule has 110 valence electrons. The molecular formula is C16H17NO4. The molecule has 0 aliphatic carbocycles. The zero-order chi connectivity index (χ0) is 14.8. The molecule has 0 radical (unpaired) electrons. The number of aromatic nitrogens is 1. The fraction of sp³-hybridized carbons (Fsp3) is 0.375. The van der Waals surface area contributed by atoms with E-state index in [4.69, 9.17) is 8.83 Å². The Morgan fingerprint density at radius 3 is 2.00 bits per heavy atom. The third-order valence-corrected chi connectivity index (χ3v) is 3.72. The van der Waals surface area contributed by atoms with E-state index in [0.29, 0.717) is 28.5 Å². The number of fused-ring (bicyclic) bond motifs is 3. The zero-order valence-corrected chi connectivity index (χ0v) is 11.9. The van der Waals surface area contributed by atoms with E-state index in [9.17, 15) is 9.59 Å². The van der Waals surface area contributed by atoms with Crippen molar-refractivity contribution in [2.24, 2.45) is 0 Å². The molecule has 3 aromatic heterocycles. The third-order valence-electron chi connectivity index (χ3n) is 3.72. The summed E-state index contributed by atoms with van der Waals surface area (Å²) in [6, 6.07) is 3.17. The van der Waals surface area contributed by atoms with Gasteiger partial charge in [-0.15, -0.1) is 0 Å². The van der Waals surface area contributed by atoms with E-state index in [0.717, 1.165) is 25.7 Å². The maximum absolute atomic E-state index is 12.5. The minimum Gasteiger partial charge on any atom is -0.460 e. The van der Waals surface area contributed by atoms with Crippen LogP contribution in [0.4, 0.5) is 0 Å². The number of furan rings is 2. The average Bonchev–Trinajstić information content (AvgIpc) is 3.12. The van der Waals surface area contributed by atoms with Crippen LogP contribution in [-0.4, -0.2) is 4.57 Å². The molecule has 0 amide bonds. The zero-order valence-electron chi connectivity index (χ0n) is 11.9. The summed E-state index contributed by atoms with van der Waals surface area (Å²) in [4.78, 5) is 25.1. The average molecular weight is 287 g/mol. The Kier molecular flexibility index (Phi) is 3.64. The topological polar surface area (TPSA) is 65.3 Å². The first-order valence-corrected chi connectivity index (χ1v) is 7.25. The molecule has 0 aliphatic rings. The van der Waals surface area contributed by atoms with E-state index >= 15 is 0 Å². The van der Waals surface area contributed by atoms with Crippen LogP contribution >= 0.6 is 0 Å². The van der Waals surface area contributed by atoms with Crippen molar-refractivity contribution in [1.82, 2.24) is 4.57 Å². The Morgan fingerprint density at radius 1 is 0.905 bits per heavy atom. The molecule has 0 atom stereocenters. The minimum atomic E-state index is -0.313. The van der Waals surface area contributed by atoms with Gasteiger partial charge in [0.2, 0.25) is 0 Å². The van der Waals surface area contributed by atoms with Gasteiger partial charge in [0, 0.05) is 6.54 Å². The highest BCUT2D eigenvalue weighted by molar-refractivity contribution is 5.97. The molecule has 0 bridgehead atoms. The van der Waals surface area contributed by atoms with E-state index in [2.05, 4.69) is 6.92 Å². The SMILES string of the molecule is CCCCCCn1c(=O)c2ccoc2c2occc2c1=O. The van der Waals surface area contributed by atoms with E-state index in [1.54, 1.807) is 12.1 Å². The van der Waals surface area contributed by atoms with Gasteiger partial charge in [-0.3, -0.25) is 14.2 Å². The van der Waals surface area contributed by atoms with Gasteiger partial charge in [-0.25, -0.2) is 0 Å². The van der Waals surface area contributed by atoms with Gasteiger partial charge in [-0.1, -0.05) is 26.2 Å².